The van der Waals surface area contributed by atoms with Gasteiger partial charge >= 0.3 is 6.09 Å². The third-order valence-corrected chi connectivity index (χ3v) is 6.37. The van der Waals surface area contributed by atoms with E-state index in [0.29, 0.717) is 32.7 Å². The minimum Gasteiger partial charge on any atom is -0.450 e. The Hall–Kier alpha value is -3.20. The lowest BCUT2D eigenvalue weighted by atomic mass is 10.1. The van der Waals surface area contributed by atoms with Crippen LogP contribution < -0.4 is 10.6 Å². The van der Waals surface area contributed by atoms with E-state index >= 15 is 0 Å². The number of fused-ring (bicyclic) bond motifs is 1. The third-order valence-electron chi connectivity index (χ3n) is 5.49. The van der Waals surface area contributed by atoms with E-state index < -0.39 is 0 Å². The summed E-state index contributed by atoms with van der Waals surface area (Å²) < 4.78 is 5.04. The van der Waals surface area contributed by atoms with Crippen molar-refractivity contribution >= 4 is 39.4 Å². The molecule has 2 aromatic heterocycles. The average molecular weight is 454 g/mol. The molecule has 1 saturated heterocycles. The molecule has 0 radical (unpaired) electrons. The van der Waals surface area contributed by atoms with Gasteiger partial charge in [-0.2, -0.15) is 0 Å². The van der Waals surface area contributed by atoms with Crippen LogP contribution in [0.1, 0.15) is 26.2 Å². The lowest BCUT2D eigenvalue weighted by Crippen LogP contribution is -2.46. The summed E-state index contributed by atoms with van der Waals surface area (Å²) in [5.74, 6) is 0.733. The predicted molar refractivity (Wildman–Crippen MR) is 126 cm³/mol. The molecule has 8 nitrogen and oxygen atoms in total. The number of likely N-dealkylation sites (tertiary alicyclic amines) is 1. The second-order valence-corrected chi connectivity index (χ2v) is 8.48. The van der Waals surface area contributed by atoms with Gasteiger partial charge in [0, 0.05) is 43.0 Å². The normalized spacial score (nSPS) is 14.3. The number of rotatable bonds is 7. The maximum atomic E-state index is 12.4. The van der Waals surface area contributed by atoms with Crippen molar-refractivity contribution in [2.45, 2.75) is 32.2 Å². The van der Waals surface area contributed by atoms with Crippen molar-refractivity contribution in [1.29, 1.82) is 0 Å². The molecule has 3 aromatic rings. The molecule has 0 bridgehead atoms. The summed E-state index contributed by atoms with van der Waals surface area (Å²) in [5.41, 5.74) is 2.20. The molecule has 168 valence electrons. The van der Waals surface area contributed by atoms with E-state index in [1.54, 1.807) is 29.5 Å². The number of nitrogens with one attached hydrogen (secondary N) is 2. The highest BCUT2D eigenvalue weighted by Gasteiger charge is 2.24. The topological polar surface area (TPSA) is 96.5 Å². The number of ether oxygens (including phenoxy) is 1. The van der Waals surface area contributed by atoms with Crippen LogP contribution in [0.5, 0.6) is 0 Å². The van der Waals surface area contributed by atoms with Gasteiger partial charge in [-0.05, 0) is 25.3 Å². The van der Waals surface area contributed by atoms with Crippen molar-refractivity contribution in [2.24, 2.45) is 0 Å². The summed E-state index contributed by atoms with van der Waals surface area (Å²) in [6.45, 7) is 3.85. The van der Waals surface area contributed by atoms with Crippen LogP contribution in [0.25, 0.3) is 21.3 Å². The monoisotopic (exact) mass is 453 g/mol. The molecule has 4 rings (SSSR count). The van der Waals surface area contributed by atoms with Crippen molar-refractivity contribution in [3.63, 3.8) is 0 Å². The molecule has 2 amide bonds. The van der Waals surface area contributed by atoms with Crippen LogP contribution in [0.15, 0.2) is 42.0 Å². The average Bonchev–Trinajstić information content (AvgIpc) is 3.25. The Kier molecular flexibility index (Phi) is 7.16. The number of carbonyl (C=O) groups is 2. The molecule has 9 heteroatoms. The highest BCUT2D eigenvalue weighted by atomic mass is 32.1. The molecule has 0 atom stereocenters. The number of benzene rings is 1. The quantitative estimate of drug-likeness (QED) is 0.563. The van der Waals surface area contributed by atoms with E-state index in [1.807, 2.05) is 18.2 Å². The van der Waals surface area contributed by atoms with Crippen molar-refractivity contribution in [2.75, 3.05) is 31.6 Å². The summed E-state index contributed by atoms with van der Waals surface area (Å²) >= 11 is 1.58. The van der Waals surface area contributed by atoms with Crippen molar-refractivity contribution < 1.29 is 14.3 Å². The molecule has 1 aliphatic heterocycles. The number of anilines is 1. The molecular formula is C23H27N5O3S. The largest absolute Gasteiger partial charge is 0.450 e. The van der Waals surface area contributed by atoms with E-state index in [9.17, 15) is 9.59 Å². The number of amides is 2. The van der Waals surface area contributed by atoms with Crippen LogP contribution in [-0.4, -0.2) is 59.2 Å². The van der Waals surface area contributed by atoms with Crippen LogP contribution in [0.2, 0.25) is 0 Å². The number of hydrogen-bond donors (Lipinski definition) is 2. The summed E-state index contributed by atoms with van der Waals surface area (Å²) in [6, 6.07) is 10.2. The maximum Gasteiger partial charge on any atom is 0.409 e. The van der Waals surface area contributed by atoms with Crippen LogP contribution in [0.4, 0.5) is 10.6 Å². The van der Waals surface area contributed by atoms with Crippen LogP contribution in [0, 0.1) is 0 Å². The van der Waals surface area contributed by atoms with Gasteiger partial charge in [0.1, 0.15) is 17.0 Å². The summed E-state index contributed by atoms with van der Waals surface area (Å²) in [7, 11) is 0. The summed E-state index contributed by atoms with van der Waals surface area (Å²) in [5, 5.41) is 9.47. The summed E-state index contributed by atoms with van der Waals surface area (Å²) in [6.07, 6.45) is 3.09. The summed E-state index contributed by atoms with van der Waals surface area (Å²) in [4.78, 5) is 35.6. The lowest BCUT2D eigenvalue weighted by molar-refractivity contribution is -0.121. The predicted octanol–water partition coefficient (Wildman–Crippen LogP) is 3.90. The van der Waals surface area contributed by atoms with Gasteiger partial charge in [-0.1, -0.05) is 30.3 Å². The van der Waals surface area contributed by atoms with E-state index in [-0.39, 0.29) is 18.0 Å². The minimum atomic E-state index is -0.277. The highest BCUT2D eigenvalue weighted by molar-refractivity contribution is 7.17. The Morgan fingerprint density at radius 2 is 1.97 bits per heavy atom. The molecule has 0 spiro atoms. The molecule has 1 aromatic carbocycles. The zero-order valence-electron chi connectivity index (χ0n) is 18.0. The van der Waals surface area contributed by atoms with Crippen molar-refractivity contribution in [3.05, 3.63) is 42.0 Å². The smallest absolute Gasteiger partial charge is 0.409 e. The van der Waals surface area contributed by atoms with Crippen LogP contribution in [-0.2, 0) is 9.53 Å². The zero-order valence-corrected chi connectivity index (χ0v) is 18.9. The van der Waals surface area contributed by atoms with Gasteiger partial charge in [0.15, 0.2) is 0 Å². The van der Waals surface area contributed by atoms with E-state index in [2.05, 4.69) is 38.1 Å². The van der Waals surface area contributed by atoms with Gasteiger partial charge in [0.25, 0.3) is 0 Å². The number of aromatic nitrogens is 2. The fourth-order valence-electron chi connectivity index (χ4n) is 3.85. The maximum absolute atomic E-state index is 12.4. The molecule has 2 N–H and O–H groups in total. The van der Waals surface area contributed by atoms with Gasteiger partial charge in [-0.15, -0.1) is 11.3 Å². The van der Waals surface area contributed by atoms with Crippen LogP contribution >= 0.6 is 11.3 Å². The number of piperidine rings is 1. The van der Waals surface area contributed by atoms with E-state index in [0.717, 1.165) is 40.0 Å². The van der Waals surface area contributed by atoms with Gasteiger partial charge in [0.2, 0.25) is 5.91 Å². The molecule has 1 fully saturated rings. The van der Waals surface area contributed by atoms with Gasteiger partial charge < -0.3 is 20.3 Å². The fourth-order valence-corrected chi connectivity index (χ4v) is 4.77. The Bertz CT molecular complexity index is 1060. The molecule has 3 heterocycles. The number of nitrogens with zero attached hydrogens (tertiary/aromatic N) is 3. The Morgan fingerprint density at radius 3 is 2.72 bits per heavy atom. The first-order chi connectivity index (χ1) is 15.7. The first kappa shape index (κ1) is 22.0. The first-order valence-corrected chi connectivity index (χ1v) is 11.8. The van der Waals surface area contributed by atoms with Crippen LogP contribution in [0.3, 0.4) is 0 Å². The second kappa shape index (κ2) is 10.4. The van der Waals surface area contributed by atoms with Gasteiger partial charge in [-0.3, -0.25) is 4.79 Å². The highest BCUT2D eigenvalue weighted by Crippen LogP contribution is 2.36. The third kappa shape index (κ3) is 5.16. The number of hydrogen-bond acceptors (Lipinski definition) is 7. The molecule has 0 unspecified atom stereocenters. The lowest BCUT2D eigenvalue weighted by Gasteiger charge is -2.31. The molecule has 0 aliphatic carbocycles. The number of carbonyl (C=O) groups excluding carboxylic acids is 2. The van der Waals surface area contributed by atoms with E-state index in [4.69, 9.17) is 4.74 Å². The number of thiophene rings is 1. The van der Waals surface area contributed by atoms with Gasteiger partial charge in [0.05, 0.1) is 12.0 Å². The minimum absolute atomic E-state index is 0.00835. The Labute approximate surface area is 191 Å². The van der Waals surface area contributed by atoms with E-state index in [1.165, 1.54) is 0 Å². The molecule has 0 saturated carbocycles. The molecule has 1 aliphatic rings. The second-order valence-electron chi connectivity index (χ2n) is 7.62. The molecular weight excluding hydrogens is 426 g/mol. The fraction of sp³-hybridized carbons (Fsp3) is 0.391. The molecule has 32 heavy (non-hydrogen) atoms. The Morgan fingerprint density at radius 1 is 1.19 bits per heavy atom. The standard InChI is InChI=1S/C23H27N5O3S/c1-2-31-23(30)28-12-9-17(10-13-28)27-19(29)8-11-24-21-20-18(16-6-4-3-5-7-16)14-32-22(20)26-15-25-21/h3-7,14-15,17H,2,8-13H2,1H3,(H,27,29)(H,24,25,26). The van der Waals surface area contributed by atoms with Crippen molar-refractivity contribution in [1.82, 2.24) is 20.2 Å². The van der Waals surface area contributed by atoms with Gasteiger partial charge in [-0.25, -0.2) is 14.8 Å². The zero-order chi connectivity index (χ0) is 22.3. The Balaban J connectivity index is 1.30. The van der Waals surface area contributed by atoms with Crippen molar-refractivity contribution in [3.8, 4) is 11.1 Å². The first-order valence-electron chi connectivity index (χ1n) is 10.9. The SMILES string of the molecule is CCOC(=O)N1CCC(NC(=O)CCNc2ncnc3scc(-c4ccccc4)c23)CC1.